The van der Waals surface area contributed by atoms with Gasteiger partial charge in [-0.25, -0.2) is 0 Å². The number of benzene rings is 1. The third kappa shape index (κ3) is 1.53. The van der Waals surface area contributed by atoms with Crippen LogP contribution in [0.1, 0.15) is 12.0 Å². The molecule has 0 spiro atoms. The molecule has 2 nitrogen and oxygen atoms in total. The minimum atomic E-state index is 0.289. The first kappa shape index (κ1) is 8.58. The lowest BCUT2D eigenvalue weighted by molar-refractivity contribution is -0.107. The number of nitrogens with one attached hydrogen (secondary N) is 1. The highest BCUT2D eigenvalue weighted by molar-refractivity contribution is 5.85. The van der Waals surface area contributed by atoms with Gasteiger partial charge in [0.2, 0.25) is 0 Å². The second kappa shape index (κ2) is 3.80. The summed E-state index contributed by atoms with van der Waals surface area (Å²) in [4.78, 5) is 13.2. The summed E-state index contributed by atoms with van der Waals surface area (Å²) in [5.41, 5.74) is 1.97. The van der Waals surface area contributed by atoms with E-state index in [1.165, 1.54) is 0 Å². The lowest BCUT2D eigenvalue weighted by Gasteiger charge is -1.92. The SMILES string of the molecule is O=CCC#Cc1cccc2cc[nH]c12. The van der Waals surface area contributed by atoms with E-state index in [9.17, 15) is 4.79 Å². The summed E-state index contributed by atoms with van der Waals surface area (Å²) in [5.74, 6) is 5.76. The van der Waals surface area contributed by atoms with Crippen molar-refractivity contribution in [1.29, 1.82) is 0 Å². The van der Waals surface area contributed by atoms with E-state index in [2.05, 4.69) is 16.8 Å². The Labute approximate surface area is 81.9 Å². The lowest BCUT2D eigenvalue weighted by Crippen LogP contribution is -1.77. The van der Waals surface area contributed by atoms with Crippen molar-refractivity contribution in [2.45, 2.75) is 6.42 Å². The van der Waals surface area contributed by atoms with Gasteiger partial charge >= 0.3 is 0 Å². The van der Waals surface area contributed by atoms with Crippen LogP contribution in [0.4, 0.5) is 0 Å². The average Bonchev–Trinajstić information content (AvgIpc) is 2.67. The van der Waals surface area contributed by atoms with Crippen LogP contribution in [0.5, 0.6) is 0 Å². The lowest BCUT2D eigenvalue weighted by atomic mass is 10.1. The van der Waals surface area contributed by atoms with Crippen LogP contribution >= 0.6 is 0 Å². The molecule has 1 N–H and O–H groups in total. The Hall–Kier alpha value is -2.01. The molecule has 0 saturated carbocycles. The van der Waals surface area contributed by atoms with Crippen LogP contribution in [0.15, 0.2) is 30.5 Å². The highest BCUT2D eigenvalue weighted by atomic mass is 16.1. The summed E-state index contributed by atoms with van der Waals surface area (Å²) in [7, 11) is 0. The van der Waals surface area contributed by atoms with Gasteiger partial charge in [0.1, 0.15) is 6.29 Å². The van der Waals surface area contributed by atoms with Crippen LogP contribution in [0, 0.1) is 11.8 Å². The molecule has 0 aliphatic carbocycles. The molecule has 2 rings (SSSR count). The largest absolute Gasteiger partial charge is 0.360 e. The fourth-order valence-corrected chi connectivity index (χ4v) is 1.38. The number of para-hydroxylation sites is 1. The van der Waals surface area contributed by atoms with Crippen LogP contribution in [0.2, 0.25) is 0 Å². The second-order valence-electron chi connectivity index (χ2n) is 2.92. The third-order valence-corrected chi connectivity index (χ3v) is 2.00. The minimum Gasteiger partial charge on any atom is -0.360 e. The quantitative estimate of drug-likeness (QED) is 0.533. The molecule has 0 atom stereocenters. The second-order valence-corrected chi connectivity index (χ2v) is 2.92. The first-order chi connectivity index (χ1) is 6.92. The number of fused-ring (bicyclic) bond motifs is 1. The van der Waals surface area contributed by atoms with Crippen molar-refractivity contribution in [3.8, 4) is 11.8 Å². The molecule has 0 unspecified atom stereocenters. The van der Waals surface area contributed by atoms with Gasteiger partial charge in [0.15, 0.2) is 0 Å². The zero-order valence-corrected chi connectivity index (χ0v) is 7.58. The number of hydrogen-bond donors (Lipinski definition) is 1. The van der Waals surface area contributed by atoms with Crippen molar-refractivity contribution >= 4 is 17.2 Å². The first-order valence-electron chi connectivity index (χ1n) is 4.40. The number of hydrogen-bond acceptors (Lipinski definition) is 1. The van der Waals surface area contributed by atoms with E-state index in [1.54, 1.807) is 0 Å². The topological polar surface area (TPSA) is 32.9 Å². The number of aromatic amines is 1. The maximum Gasteiger partial charge on any atom is 0.131 e. The molecular weight excluding hydrogens is 174 g/mol. The van der Waals surface area contributed by atoms with Crippen molar-refractivity contribution in [2.75, 3.05) is 0 Å². The molecule has 68 valence electrons. The number of carbonyl (C=O) groups is 1. The molecule has 14 heavy (non-hydrogen) atoms. The van der Waals surface area contributed by atoms with E-state index in [1.807, 2.05) is 30.5 Å². The van der Waals surface area contributed by atoms with E-state index < -0.39 is 0 Å². The minimum absolute atomic E-state index is 0.289. The van der Waals surface area contributed by atoms with Crippen LogP contribution in [0.25, 0.3) is 10.9 Å². The number of rotatable bonds is 1. The van der Waals surface area contributed by atoms with E-state index in [0.717, 1.165) is 22.8 Å². The van der Waals surface area contributed by atoms with E-state index in [0.29, 0.717) is 0 Å². The molecule has 0 aliphatic heterocycles. The van der Waals surface area contributed by atoms with Crippen LogP contribution < -0.4 is 0 Å². The van der Waals surface area contributed by atoms with Gasteiger partial charge in [-0.05, 0) is 12.1 Å². The highest BCUT2D eigenvalue weighted by Gasteiger charge is 1.96. The molecule has 1 heterocycles. The normalized spacial score (nSPS) is 9.43. The smallest absolute Gasteiger partial charge is 0.131 e. The maximum atomic E-state index is 10.1. The third-order valence-electron chi connectivity index (χ3n) is 2.00. The van der Waals surface area contributed by atoms with Gasteiger partial charge in [-0.3, -0.25) is 0 Å². The number of aromatic nitrogens is 1. The van der Waals surface area contributed by atoms with E-state index in [4.69, 9.17) is 0 Å². The molecule has 0 radical (unpaired) electrons. The van der Waals surface area contributed by atoms with Crippen molar-refractivity contribution in [2.24, 2.45) is 0 Å². The van der Waals surface area contributed by atoms with Gasteiger partial charge in [0.25, 0.3) is 0 Å². The maximum absolute atomic E-state index is 10.1. The highest BCUT2D eigenvalue weighted by Crippen LogP contribution is 2.15. The molecule has 2 aromatic rings. The average molecular weight is 183 g/mol. The summed E-state index contributed by atoms with van der Waals surface area (Å²) in [5, 5.41) is 1.14. The van der Waals surface area contributed by atoms with Gasteiger partial charge in [-0.1, -0.05) is 24.0 Å². The van der Waals surface area contributed by atoms with Gasteiger partial charge < -0.3 is 9.78 Å². The zero-order chi connectivity index (χ0) is 9.80. The summed E-state index contributed by atoms with van der Waals surface area (Å²) < 4.78 is 0. The van der Waals surface area contributed by atoms with Gasteiger partial charge in [0, 0.05) is 17.1 Å². The molecule has 1 aromatic heterocycles. The van der Waals surface area contributed by atoms with Crippen molar-refractivity contribution in [3.63, 3.8) is 0 Å². The molecule has 0 saturated heterocycles. The summed E-state index contributed by atoms with van der Waals surface area (Å²) in [6.45, 7) is 0. The van der Waals surface area contributed by atoms with Crippen LogP contribution in [0.3, 0.4) is 0 Å². The zero-order valence-electron chi connectivity index (χ0n) is 7.58. The number of carbonyl (C=O) groups excluding carboxylic acids is 1. The molecule has 0 fully saturated rings. The molecule has 2 heteroatoms. The van der Waals surface area contributed by atoms with Crippen molar-refractivity contribution in [3.05, 3.63) is 36.0 Å². The summed E-state index contributed by atoms with van der Waals surface area (Å²) in [6, 6.07) is 7.93. The fourth-order valence-electron chi connectivity index (χ4n) is 1.38. The van der Waals surface area contributed by atoms with Crippen molar-refractivity contribution < 1.29 is 4.79 Å². The molecule has 0 aliphatic rings. The Morgan fingerprint density at radius 3 is 3.14 bits per heavy atom. The first-order valence-corrected chi connectivity index (χ1v) is 4.40. The van der Waals surface area contributed by atoms with Gasteiger partial charge in [0.05, 0.1) is 11.9 Å². The molecule has 0 amide bonds. The number of H-pyrrole nitrogens is 1. The summed E-state index contributed by atoms with van der Waals surface area (Å²) in [6.07, 6.45) is 2.98. The fraction of sp³-hybridized carbons (Fsp3) is 0.0833. The van der Waals surface area contributed by atoms with Crippen molar-refractivity contribution in [1.82, 2.24) is 4.98 Å². The van der Waals surface area contributed by atoms with Crippen LogP contribution in [-0.2, 0) is 4.79 Å². The monoisotopic (exact) mass is 183 g/mol. The Morgan fingerprint density at radius 1 is 1.36 bits per heavy atom. The van der Waals surface area contributed by atoms with E-state index >= 15 is 0 Å². The van der Waals surface area contributed by atoms with Gasteiger partial charge in [-0.2, -0.15) is 0 Å². The Bertz CT molecular complexity index is 514. The van der Waals surface area contributed by atoms with Gasteiger partial charge in [-0.15, -0.1) is 0 Å². The molecule has 0 bridgehead atoms. The molecular formula is C12H9NO. The standard InChI is InChI=1S/C12H9NO/c14-9-2-1-4-10-5-3-6-11-7-8-13-12(10)11/h3,5-9,13H,2H2. The Balaban J connectivity index is 2.47. The van der Waals surface area contributed by atoms with E-state index in [-0.39, 0.29) is 6.42 Å². The Morgan fingerprint density at radius 2 is 2.29 bits per heavy atom. The molecule has 1 aromatic carbocycles. The number of aldehydes is 1. The Kier molecular flexibility index (Phi) is 2.33. The summed E-state index contributed by atoms with van der Waals surface area (Å²) >= 11 is 0. The predicted octanol–water partition coefficient (Wildman–Crippen LogP) is 2.11. The van der Waals surface area contributed by atoms with Crippen LogP contribution in [-0.4, -0.2) is 11.3 Å². The predicted molar refractivity (Wildman–Crippen MR) is 55.9 cm³/mol.